The predicted octanol–water partition coefficient (Wildman–Crippen LogP) is 5.16. The molecule has 0 saturated heterocycles. The predicted molar refractivity (Wildman–Crippen MR) is 132 cm³/mol. The van der Waals surface area contributed by atoms with Crippen LogP contribution in [0.1, 0.15) is 64.4 Å². The molecule has 1 aliphatic heterocycles. The molecule has 0 spiro atoms. The van der Waals surface area contributed by atoms with E-state index in [1.807, 2.05) is 43.1 Å². The molecule has 3 saturated carbocycles. The Morgan fingerprint density at radius 1 is 1.15 bits per heavy atom. The lowest BCUT2D eigenvalue weighted by atomic mass is 9.47. The molecule has 0 radical (unpaired) electrons. The van der Waals surface area contributed by atoms with Gasteiger partial charge in [0.1, 0.15) is 0 Å². The third kappa shape index (κ3) is 3.41. The number of benzene rings is 1. The van der Waals surface area contributed by atoms with Crippen molar-refractivity contribution in [2.24, 2.45) is 34.5 Å². The monoisotopic (exact) mass is 449 g/mol. The van der Waals surface area contributed by atoms with Gasteiger partial charge in [-0.05, 0) is 92.2 Å². The number of likely N-dealkylation sites (N-methyl/N-ethyl adjacent to an activating group) is 1. The van der Waals surface area contributed by atoms with Gasteiger partial charge in [0.05, 0.1) is 11.4 Å². The molecule has 2 amide bonds. The molecule has 5 heteroatoms. The van der Waals surface area contributed by atoms with Crippen LogP contribution in [0.5, 0.6) is 0 Å². The molecule has 1 heterocycles. The van der Waals surface area contributed by atoms with Crippen molar-refractivity contribution in [2.75, 3.05) is 18.1 Å². The third-order valence-corrected chi connectivity index (χ3v) is 10.4. The number of fused-ring (bicyclic) bond motifs is 5. The highest BCUT2D eigenvalue weighted by Crippen LogP contribution is 2.66. The van der Waals surface area contributed by atoms with E-state index in [-0.39, 0.29) is 22.6 Å². The van der Waals surface area contributed by atoms with Gasteiger partial charge in [-0.1, -0.05) is 32.1 Å². The van der Waals surface area contributed by atoms with E-state index in [1.165, 1.54) is 25.7 Å². The second kappa shape index (κ2) is 7.89. The fraction of sp³-hybridized carbons (Fsp3) is 0.643. The van der Waals surface area contributed by atoms with E-state index in [0.29, 0.717) is 41.8 Å². The number of nitrogens with two attached hydrogens (primary N) is 1. The number of nitrogen functional groups attached to an aromatic ring is 1. The summed E-state index contributed by atoms with van der Waals surface area (Å²) < 4.78 is 0. The van der Waals surface area contributed by atoms with Gasteiger partial charge in [0.25, 0.3) is 0 Å². The number of para-hydroxylation sites is 1. The molecule has 5 rings (SSSR count). The molecule has 5 nitrogen and oxygen atoms in total. The van der Waals surface area contributed by atoms with Gasteiger partial charge >= 0.3 is 0 Å². The van der Waals surface area contributed by atoms with Gasteiger partial charge in [-0.25, -0.2) is 0 Å². The summed E-state index contributed by atoms with van der Waals surface area (Å²) in [5, 5.41) is 3.09. The van der Waals surface area contributed by atoms with Crippen molar-refractivity contribution < 1.29 is 9.59 Å². The van der Waals surface area contributed by atoms with Crippen LogP contribution in [0.25, 0.3) is 0 Å². The first-order chi connectivity index (χ1) is 15.6. The number of nitrogens with one attached hydrogen (secondary N) is 1. The SMILES string of the molecule is Cc1cccc(NC(=O)C[C@H]2CC[C@H]3[C@@H]4CC[C@H]5N(C)C(=O)C=C[C@]5(C)[C@H]4CC[C@]23C)c1N. The van der Waals surface area contributed by atoms with E-state index < -0.39 is 0 Å². The Morgan fingerprint density at radius 2 is 1.94 bits per heavy atom. The zero-order valence-electron chi connectivity index (χ0n) is 20.6. The minimum atomic E-state index is 0.0745. The summed E-state index contributed by atoms with van der Waals surface area (Å²) in [7, 11) is 1.98. The second-order valence-electron chi connectivity index (χ2n) is 11.7. The van der Waals surface area contributed by atoms with Crippen LogP contribution in [-0.4, -0.2) is 29.8 Å². The molecule has 3 fully saturated rings. The minimum absolute atomic E-state index is 0.0745. The smallest absolute Gasteiger partial charge is 0.246 e. The van der Waals surface area contributed by atoms with Crippen molar-refractivity contribution in [2.45, 2.75) is 71.8 Å². The summed E-state index contributed by atoms with van der Waals surface area (Å²) in [6.45, 7) is 6.82. The fourth-order valence-corrected chi connectivity index (χ4v) is 8.40. The summed E-state index contributed by atoms with van der Waals surface area (Å²) in [6.07, 6.45) is 11.7. The number of hydrogen-bond donors (Lipinski definition) is 2. The largest absolute Gasteiger partial charge is 0.397 e. The van der Waals surface area contributed by atoms with E-state index in [4.69, 9.17) is 5.73 Å². The van der Waals surface area contributed by atoms with Crippen molar-refractivity contribution in [3.63, 3.8) is 0 Å². The number of hydrogen-bond acceptors (Lipinski definition) is 3. The molecule has 0 aromatic heterocycles. The number of nitrogens with zero attached hydrogens (tertiary/aromatic N) is 1. The lowest BCUT2D eigenvalue weighted by molar-refractivity contribution is -0.139. The summed E-state index contributed by atoms with van der Waals surface area (Å²) in [4.78, 5) is 27.3. The highest BCUT2D eigenvalue weighted by Gasteiger charge is 2.60. The Hall–Kier alpha value is -2.30. The van der Waals surface area contributed by atoms with E-state index in [2.05, 4.69) is 25.2 Å². The highest BCUT2D eigenvalue weighted by molar-refractivity contribution is 5.94. The Labute approximate surface area is 198 Å². The van der Waals surface area contributed by atoms with E-state index >= 15 is 0 Å². The van der Waals surface area contributed by atoms with E-state index in [1.54, 1.807) is 0 Å². The molecule has 33 heavy (non-hydrogen) atoms. The number of aryl methyl sites for hydroxylation is 1. The number of amides is 2. The quantitative estimate of drug-likeness (QED) is 0.626. The van der Waals surface area contributed by atoms with Gasteiger partial charge in [-0.15, -0.1) is 0 Å². The van der Waals surface area contributed by atoms with Crippen molar-refractivity contribution in [3.05, 3.63) is 35.9 Å². The van der Waals surface area contributed by atoms with Crippen LogP contribution in [0.4, 0.5) is 11.4 Å². The molecule has 1 aromatic rings. The van der Waals surface area contributed by atoms with Gasteiger partial charge in [0.15, 0.2) is 0 Å². The van der Waals surface area contributed by atoms with Gasteiger partial charge in [-0.2, -0.15) is 0 Å². The lowest BCUT2D eigenvalue weighted by Crippen LogP contribution is -2.59. The standard InChI is InChI=1S/C28H39N3O2/c1-17-6-5-7-22(26(17)29)30-24(32)16-18-8-10-20-19-9-11-23-28(3,15-13-25(33)31(23)4)21(19)12-14-27(18,20)2/h5-7,13,15,18-21,23H,8-12,14,16,29H2,1-4H3,(H,30,32)/t18-,19+,20+,21+,23-,27-,28-/m1/s1. The molecular weight excluding hydrogens is 410 g/mol. The van der Waals surface area contributed by atoms with Crippen molar-refractivity contribution in [3.8, 4) is 0 Å². The Kier molecular flexibility index (Phi) is 5.37. The second-order valence-corrected chi connectivity index (χ2v) is 11.7. The first kappa shape index (κ1) is 22.5. The lowest BCUT2D eigenvalue weighted by Gasteiger charge is -2.60. The molecule has 178 valence electrons. The van der Waals surface area contributed by atoms with Gasteiger partial charge in [0.2, 0.25) is 11.8 Å². The van der Waals surface area contributed by atoms with Crippen molar-refractivity contribution in [1.82, 2.24) is 4.90 Å². The first-order valence-electron chi connectivity index (χ1n) is 12.8. The Morgan fingerprint density at radius 3 is 2.73 bits per heavy atom. The first-order valence-corrected chi connectivity index (χ1v) is 12.8. The zero-order chi connectivity index (χ0) is 23.5. The maximum Gasteiger partial charge on any atom is 0.246 e. The summed E-state index contributed by atoms with van der Waals surface area (Å²) in [5.74, 6) is 2.65. The molecule has 3 aliphatic carbocycles. The number of carbonyl (C=O) groups is 2. The topological polar surface area (TPSA) is 75.4 Å². The number of rotatable bonds is 3. The molecule has 3 N–H and O–H groups in total. The van der Waals surface area contributed by atoms with Crippen LogP contribution >= 0.6 is 0 Å². The summed E-state index contributed by atoms with van der Waals surface area (Å²) in [6, 6.07) is 6.12. The van der Waals surface area contributed by atoms with Crippen LogP contribution in [0.2, 0.25) is 0 Å². The Bertz CT molecular complexity index is 1000. The Balaban J connectivity index is 1.32. The van der Waals surface area contributed by atoms with Crippen LogP contribution in [-0.2, 0) is 9.59 Å². The van der Waals surface area contributed by atoms with Crippen LogP contribution in [0.15, 0.2) is 30.4 Å². The van der Waals surface area contributed by atoms with Crippen LogP contribution in [0.3, 0.4) is 0 Å². The van der Waals surface area contributed by atoms with Crippen LogP contribution < -0.4 is 11.1 Å². The molecule has 7 atom stereocenters. The van der Waals surface area contributed by atoms with Gasteiger partial charge in [0, 0.05) is 24.9 Å². The maximum atomic E-state index is 13.0. The van der Waals surface area contributed by atoms with Crippen molar-refractivity contribution in [1.29, 1.82) is 0 Å². The molecular formula is C28H39N3O2. The molecule has 0 bridgehead atoms. The van der Waals surface area contributed by atoms with Gasteiger partial charge in [-0.3, -0.25) is 9.59 Å². The molecule has 0 unspecified atom stereocenters. The average Bonchev–Trinajstić information content (AvgIpc) is 3.10. The zero-order valence-corrected chi connectivity index (χ0v) is 20.6. The molecule has 1 aromatic carbocycles. The number of carbonyl (C=O) groups excluding carboxylic acids is 2. The normalized spacial score (nSPS) is 39.6. The highest BCUT2D eigenvalue weighted by atomic mass is 16.2. The third-order valence-electron chi connectivity index (χ3n) is 10.4. The van der Waals surface area contributed by atoms with Gasteiger partial charge < -0.3 is 16.0 Å². The maximum absolute atomic E-state index is 13.0. The minimum Gasteiger partial charge on any atom is -0.397 e. The van der Waals surface area contributed by atoms with E-state index in [0.717, 1.165) is 24.1 Å². The fourth-order valence-electron chi connectivity index (χ4n) is 8.40. The summed E-state index contributed by atoms with van der Waals surface area (Å²) >= 11 is 0. The summed E-state index contributed by atoms with van der Waals surface area (Å²) in [5.41, 5.74) is 8.87. The van der Waals surface area contributed by atoms with E-state index in [9.17, 15) is 9.59 Å². The molecule has 4 aliphatic rings. The van der Waals surface area contributed by atoms with Crippen molar-refractivity contribution >= 4 is 23.2 Å². The average molecular weight is 450 g/mol. The van der Waals surface area contributed by atoms with Crippen LogP contribution in [0, 0.1) is 41.4 Å². The number of anilines is 2.